The van der Waals surface area contributed by atoms with Gasteiger partial charge in [-0.25, -0.2) is 4.39 Å². The molecule has 20 heavy (non-hydrogen) atoms. The highest BCUT2D eigenvalue weighted by atomic mass is 19.1. The SMILES string of the molecule is CCc1ccc(-c2ccc3[nH]nc(N)c3c2F)c(C)c1. The second-order valence-electron chi connectivity index (χ2n) is 4.96. The molecule has 0 fully saturated rings. The number of anilines is 1. The van der Waals surface area contributed by atoms with Gasteiger partial charge in [-0.3, -0.25) is 5.10 Å². The summed E-state index contributed by atoms with van der Waals surface area (Å²) in [5, 5.41) is 6.94. The van der Waals surface area contributed by atoms with E-state index in [1.165, 1.54) is 5.56 Å². The average Bonchev–Trinajstić information content (AvgIpc) is 2.82. The third-order valence-electron chi connectivity index (χ3n) is 3.68. The molecular formula is C16H16FN3. The third kappa shape index (κ3) is 1.84. The lowest BCUT2D eigenvalue weighted by atomic mass is 9.96. The predicted octanol–water partition coefficient (Wildman–Crippen LogP) is 3.82. The van der Waals surface area contributed by atoms with Gasteiger partial charge in [0, 0.05) is 5.56 Å². The highest BCUT2D eigenvalue weighted by molar-refractivity contribution is 5.93. The fourth-order valence-electron chi connectivity index (χ4n) is 2.55. The third-order valence-corrected chi connectivity index (χ3v) is 3.68. The minimum atomic E-state index is -0.318. The Morgan fingerprint density at radius 1 is 1.20 bits per heavy atom. The normalized spacial score (nSPS) is 11.2. The molecule has 3 nitrogen and oxygen atoms in total. The molecule has 0 unspecified atom stereocenters. The highest BCUT2D eigenvalue weighted by Crippen LogP contribution is 2.32. The molecule has 0 atom stereocenters. The van der Waals surface area contributed by atoms with E-state index in [-0.39, 0.29) is 11.6 Å². The number of nitrogens with one attached hydrogen (secondary N) is 1. The van der Waals surface area contributed by atoms with Crippen LogP contribution in [-0.2, 0) is 6.42 Å². The van der Waals surface area contributed by atoms with E-state index >= 15 is 0 Å². The van der Waals surface area contributed by atoms with Crippen molar-refractivity contribution in [2.24, 2.45) is 0 Å². The van der Waals surface area contributed by atoms with Crippen molar-refractivity contribution < 1.29 is 4.39 Å². The zero-order chi connectivity index (χ0) is 14.3. The molecule has 3 N–H and O–H groups in total. The van der Waals surface area contributed by atoms with E-state index in [1.807, 2.05) is 25.1 Å². The number of rotatable bonds is 2. The number of H-pyrrole nitrogens is 1. The number of fused-ring (bicyclic) bond motifs is 1. The number of nitrogens with zero attached hydrogens (tertiary/aromatic N) is 1. The predicted molar refractivity (Wildman–Crippen MR) is 80.0 cm³/mol. The maximum atomic E-state index is 14.7. The van der Waals surface area contributed by atoms with E-state index < -0.39 is 0 Å². The molecule has 3 aromatic rings. The highest BCUT2D eigenvalue weighted by Gasteiger charge is 2.15. The Morgan fingerprint density at radius 2 is 1.95 bits per heavy atom. The van der Waals surface area contributed by atoms with E-state index in [4.69, 9.17) is 5.73 Å². The van der Waals surface area contributed by atoms with Crippen molar-refractivity contribution in [1.82, 2.24) is 10.2 Å². The van der Waals surface area contributed by atoms with Crippen LogP contribution in [0.25, 0.3) is 22.0 Å². The van der Waals surface area contributed by atoms with Crippen LogP contribution in [0.2, 0.25) is 0 Å². The van der Waals surface area contributed by atoms with Gasteiger partial charge in [0.25, 0.3) is 0 Å². The zero-order valence-corrected chi connectivity index (χ0v) is 11.5. The molecule has 0 aliphatic rings. The first kappa shape index (κ1) is 12.7. The summed E-state index contributed by atoms with van der Waals surface area (Å²) >= 11 is 0. The van der Waals surface area contributed by atoms with Crippen molar-refractivity contribution in [3.05, 3.63) is 47.3 Å². The number of aryl methyl sites for hydroxylation is 2. The van der Waals surface area contributed by atoms with Crippen molar-refractivity contribution >= 4 is 16.7 Å². The van der Waals surface area contributed by atoms with Crippen molar-refractivity contribution in [2.45, 2.75) is 20.3 Å². The topological polar surface area (TPSA) is 54.7 Å². The summed E-state index contributed by atoms with van der Waals surface area (Å²) in [6.07, 6.45) is 0.970. The summed E-state index contributed by atoms with van der Waals surface area (Å²) in [5.74, 6) is -0.122. The second-order valence-corrected chi connectivity index (χ2v) is 4.96. The minimum absolute atomic E-state index is 0.196. The van der Waals surface area contributed by atoms with E-state index in [1.54, 1.807) is 6.07 Å². The van der Waals surface area contributed by atoms with Gasteiger partial charge in [-0.1, -0.05) is 25.1 Å². The molecular weight excluding hydrogens is 253 g/mol. The fourth-order valence-corrected chi connectivity index (χ4v) is 2.55. The van der Waals surface area contributed by atoms with Crippen LogP contribution in [0.4, 0.5) is 10.2 Å². The summed E-state index contributed by atoms with van der Waals surface area (Å²) in [6, 6.07) is 9.67. The Hall–Kier alpha value is -2.36. The Morgan fingerprint density at radius 3 is 2.65 bits per heavy atom. The fraction of sp³-hybridized carbons (Fsp3) is 0.188. The molecule has 2 aromatic carbocycles. The largest absolute Gasteiger partial charge is 0.382 e. The van der Waals surface area contributed by atoms with Gasteiger partial charge in [0.15, 0.2) is 5.82 Å². The number of aromatic nitrogens is 2. The Bertz CT molecular complexity index is 790. The Balaban J connectivity index is 2.24. The molecule has 0 saturated carbocycles. The summed E-state index contributed by atoms with van der Waals surface area (Å²) in [4.78, 5) is 0. The van der Waals surface area contributed by atoms with Crippen LogP contribution in [0.1, 0.15) is 18.1 Å². The smallest absolute Gasteiger partial charge is 0.156 e. The zero-order valence-electron chi connectivity index (χ0n) is 11.5. The molecule has 0 aliphatic heterocycles. The number of hydrogen-bond acceptors (Lipinski definition) is 2. The Kier molecular flexibility index (Phi) is 2.93. The van der Waals surface area contributed by atoms with Gasteiger partial charge in [-0.05, 0) is 42.2 Å². The van der Waals surface area contributed by atoms with Gasteiger partial charge in [0.05, 0.1) is 10.9 Å². The lowest BCUT2D eigenvalue weighted by molar-refractivity contribution is 0.643. The molecule has 0 radical (unpaired) electrons. The molecule has 4 heteroatoms. The number of hydrogen-bond donors (Lipinski definition) is 2. The lowest BCUT2D eigenvalue weighted by Gasteiger charge is -2.10. The number of benzene rings is 2. The monoisotopic (exact) mass is 269 g/mol. The van der Waals surface area contributed by atoms with Gasteiger partial charge >= 0.3 is 0 Å². The molecule has 1 heterocycles. The summed E-state index contributed by atoms with van der Waals surface area (Å²) < 4.78 is 14.7. The van der Waals surface area contributed by atoms with Crippen LogP contribution in [0.5, 0.6) is 0 Å². The summed E-state index contributed by atoms with van der Waals surface area (Å²) in [6.45, 7) is 4.10. The second kappa shape index (κ2) is 4.63. The number of nitrogens with two attached hydrogens (primary N) is 1. The van der Waals surface area contributed by atoms with Crippen LogP contribution in [0.3, 0.4) is 0 Å². The summed E-state index contributed by atoms with van der Waals surface area (Å²) in [5.41, 5.74) is 10.1. The van der Waals surface area contributed by atoms with Gasteiger partial charge < -0.3 is 5.73 Å². The van der Waals surface area contributed by atoms with Gasteiger partial charge in [-0.2, -0.15) is 5.10 Å². The van der Waals surface area contributed by atoms with Crippen molar-refractivity contribution in [3.63, 3.8) is 0 Å². The first-order valence-corrected chi connectivity index (χ1v) is 6.63. The molecule has 0 bridgehead atoms. The minimum Gasteiger partial charge on any atom is -0.382 e. The molecule has 0 saturated heterocycles. The maximum Gasteiger partial charge on any atom is 0.156 e. The summed E-state index contributed by atoms with van der Waals surface area (Å²) in [7, 11) is 0. The van der Waals surface area contributed by atoms with Crippen LogP contribution in [0.15, 0.2) is 30.3 Å². The number of aromatic amines is 1. The first-order chi connectivity index (χ1) is 9.61. The molecule has 102 valence electrons. The van der Waals surface area contributed by atoms with Gasteiger partial charge in [0.1, 0.15) is 5.82 Å². The van der Waals surface area contributed by atoms with Crippen molar-refractivity contribution in [1.29, 1.82) is 0 Å². The van der Waals surface area contributed by atoms with E-state index in [0.29, 0.717) is 16.5 Å². The molecule has 0 amide bonds. The van der Waals surface area contributed by atoms with Crippen LogP contribution < -0.4 is 5.73 Å². The van der Waals surface area contributed by atoms with Gasteiger partial charge in [0.2, 0.25) is 0 Å². The van der Waals surface area contributed by atoms with Crippen LogP contribution in [-0.4, -0.2) is 10.2 Å². The van der Waals surface area contributed by atoms with Crippen molar-refractivity contribution in [3.8, 4) is 11.1 Å². The van der Waals surface area contributed by atoms with Crippen LogP contribution >= 0.6 is 0 Å². The maximum absolute atomic E-state index is 14.7. The molecule has 1 aromatic heterocycles. The first-order valence-electron chi connectivity index (χ1n) is 6.63. The molecule has 0 spiro atoms. The van der Waals surface area contributed by atoms with Crippen LogP contribution in [0, 0.1) is 12.7 Å². The quantitative estimate of drug-likeness (QED) is 0.743. The number of nitrogen functional groups attached to an aromatic ring is 1. The molecule has 3 rings (SSSR count). The van der Waals surface area contributed by atoms with E-state index in [2.05, 4.69) is 23.2 Å². The Labute approximate surface area is 116 Å². The van der Waals surface area contributed by atoms with Gasteiger partial charge in [-0.15, -0.1) is 0 Å². The lowest BCUT2D eigenvalue weighted by Crippen LogP contribution is -1.92. The standard InChI is InChI=1S/C16H16FN3/c1-3-10-4-5-11(9(2)8-10)12-6-7-13-14(15(12)17)16(18)20-19-13/h4-8H,3H2,1-2H3,(H3,18,19,20). The van der Waals surface area contributed by atoms with Crippen molar-refractivity contribution in [2.75, 3.05) is 5.73 Å². The van der Waals surface area contributed by atoms with E-state index in [9.17, 15) is 4.39 Å². The number of halogens is 1. The molecule has 0 aliphatic carbocycles. The van der Waals surface area contributed by atoms with E-state index in [0.717, 1.165) is 17.5 Å². The average molecular weight is 269 g/mol.